The number of likely N-dealkylation sites (N-methyl/N-ethyl adjacent to an activating group) is 1. The first kappa shape index (κ1) is 12.4. The number of Topliss-reactive ketones (excluding diaryl/α,β-unsaturated/α-hetero) is 1. The molecule has 0 spiro atoms. The molecule has 0 bridgehead atoms. The molecule has 0 aromatic rings. The fourth-order valence-electron chi connectivity index (χ4n) is 1.82. The number of allylic oxidation sites excluding steroid dienone is 1. The number of nitrogens with zero attached hydrogens (tertiary/aromatic N) is 1. The Bertz CT molecular complexity index is 264. The highest BCUT2D eigenvalue weighted by atomic mass is 16.1. The fourth-order valence-corrected chi connectivity index (χ4v) is 1.82. The molecule has 1 rings (SSSR count). The Morgan fingerprint density at radius 2 is 1.93 bits per heavy atom. The van der Waals surface area contributed by atoms with Gasteiger partial charge in [-0.05, 0) is 59.2 Å². The molecule has 0 radical (unpaired) electrons. The maximum absolute atomic E-state index is 12.3. The molecule has 0 heterocycles. The van der Waals surface area contributed by atoms with Crippen molar-refractivity contribution in [1.29, 1.82) is 0 Å². The Hall–Kier alpha value is -0.630. The molecule has 15 heavy (non-hydrogen) atoms. The Morgan fingerprint density at radius 3 is 2.53 bits per heavy atom. The molecule has 0 N–H and O–H groups in total. The van der Waals surface area contributed by atoms with Gasteiger partial charge >= 0.3 is 0 Å². The minimum Gasteiger partial charge on any atom is -0.297 e. The molecule has 86 valence electrons. The van der Waals surface area contributed by atoms with Gasteiger partial charge in [-0.2, -0.15) is 0 Å². The van der Waals surface area contributed by atoms with Crippen LogP contribution in [0.15, 0.2) is 11.6 Å². The molecule has 1 aliphatic rings. The molecule has 0 atom stereocenters. The van der Waals surface area contributed by atoms with Crippen molar-refractivity contribution in [2.24, 2.45) is 0 Å². The van der Waals surface area contributed by atoms with Gasteiger partial charge in [0.05, 0.1) is 5.54 Å². The zero-order valence-electron chi connectivity index (χ0n) is 10.5. The van der Waals surface area contributed by atoms with Crippen LogP contribution in [0, 0.1) is 0 Å². The zero-order valence-corrected chi connectivity index (χ0v) is 10.5. The Morgan fingerprint density at radius 1 is 1.27 bits per heavy atom. The zero-order chi connectivity index (χ0) is 11.5. The standard InChI is InChI=1S/C13H23NO/c1-13(2,14(3)4)12(15)11-9-7-5-6-8-10-11/h9H,5-8,10H2,1-4H3. The van der Waals surface area contributed by atoms with Crippen LogP contribution < -0.4 is 0 Å². The van der Waals surface area contributed by atoms with E-state index in [4.69, 9.17) is 0 Å². The van der Waals surface area contributed by atoms with Gasteiger partial charge in [0.15, 0.2) is 5.78 Å². The minimum absolute atomic E-state index is 0.300. The first-order valence-electron chi connectivity index (χ1n) is 5.87. The number of hydrogen-bond donors (Lipinski definition) is 0. The van der Waals surface area contributed by atoms with Gasteiger partial charge < -0.3 is 0 Å². The van der Waals surface area contributed by atoms with E-state index in [0.29, 0.717) is 5.78 Å². The third-order valence-electron chi connectivity index (χ3n) is 3.51. The van der Waals surface area contributed by atoms with Crippen molar-refractivity contribution < 1.29 is 4.79 Å². The first-order valence-corrected chi connectivity index (χ1v) is 5.87. The molecule has 0 saturated carbocycles. The van der Waals surface area contributed by atoms with Crippen molar-refractivity contribution in [2.45, 2.75) is 51.5 Å². The Balaban J connectivity index is 2.78. The van der Waals surface area contributed by atoms with Crippen molar-refractivity contribution in [2.75, 3.05) is 14.1 Å². The third-order valence-corrected chi connectivity index (χ3v) is 3.51. The lowest BCUT2D eigenvalue weighted by Gasteiger charge is -2.31. The predicted octanol–water partition coefficient (Wildman–Crippen LogP) is 2.79. The maximum Gasteiger partial charge on any atom is 0.178 e. The quantitative estimate of drug-likeness (QED) is 0.712. The highest BCUT2D eigenvalue weighted by Gasteiger charge is 2.31. The fraction of sp³-hybridized carbons (Fsp3) is 0.769. The van der Waals surface area contributed by atoms with Gasteiger partial charge in [-0.15, -0.1) is 0 Å². The molecule has 0 unspecified atom stereocenters. The second-order valence-electron chi connectivity index (χ2n) is 5.11. The average molecular weight is 209 g/mol. The SMILES string of the molecule is CN(C)C(C)(C)C(=O)C1=CCCCCC1. The molecule has 0 saturated heterocycles. The third kappa shape index (κ3) is 2.91. The summed E-state index contributed by atoms with van der Waals surface area (Å²) >= 11 is 0. The Labute approximate surface area is 93.3 Å². The molecule has 0 aromatic carbocycles. The smallest absolute Gasteiger partial charge is 0.178 e. The van der Waals surface area contributed by atoms with Gasteiger partial charge in [0, 0.05) is 0 Å². The van der Waals surface area contributed by atoms with E-state index in [-0.39, 0.29) is 5.54 Å². The van der Waals surface area contributed by atoms with Crippen LogP contribution in [-0.2, 0) is 4.79 Å². The maximum atomic E-state index is 12.3. The van der Waals surface area contributed by atoms with Crippen molar-refractivity contribution in [3.05, 3.63) is 11.6 Å². The van der Waals surface area contributed by atoms with E-state index in [0.717, 1.165) is 18.4 Å². The van der Waals surface area contributed by atoms with Gasteiger partial charge in [0.25, 0.3) is 0 Å². The highest BCUT2D eigenvalue weighted by Crippen LogP contribution is 2.24. The second-order valence-corrected chi connectivity index (χ2v) is 5.11. The van der Waals surface area contributed by atoms with Crippen LogP contribution in [0.3, 0.4) is 0 Å². The van der Waals surface area contributed by atoms with E-state index < -0.39 is 0 Å². The molecule has 0 aromatic heterocycles. The van der Waals surface area contributed by atoms with Crippen molar-refractivity contribution in [3.63, 3.8) is 0 Å². The van der Waals surface area contributed by atoms with Crippen molar-refractivity contribution in [3.8, 4) is 0 Å². The van der Waals surface area contributed by atoms with E-state index in [1.165, 1.54) is 19.3 Å². The predicted molar refractivity (Wildman–Crippen MR) is 63.9 cm³/mol. The van der Waals surface area contributed by atoms with E-state index in [1.807, 2.05) is 32.8 Å². The van der Waals surface area contributed by atoms with Crippen LogP contribution in [0.25, 0.3) is 0 Å². The van der Waals surface area contributed by atoms with Gasteiger partial charge in [-0.25, -0.2) is 0 Å². The lowest BCUT2D eigenvalue weighted by atomic mass is 9.89. The molecular weight excluding hydrogens is 186 g/mol. The monoisotopic (exact) mass is 209 g/mol. The average Bonchev–Trinajstić information content (AvgIpc) is 2.44. The summed E-state index contributed by atoms with van der Waals surface area (Å²) in [5, 5.41) is 0. The number of hydrogen-bond acceptors (Lipinski definition) is 2. The van der Waals surface area contributed by atoms with Gasteiger partial charge in [0.1, 0.15) is 0 Å². The summed E-state index contributed by atoms with van der Waals surface area (Å²) in [5.74, 6) is 0.300. The van der Waals surface area contributed by atoms with Crippen molar-refractivity contribution >= 4 is 5.78 Å². The molecule has 0 amide bonds. The van der Waals surface area contributed by atoms with E-state index in [9.17, 15) is 4.79 Å². The van der Waals surface area contributed by atoms with Crippen LogP contribution in [0.2, 0.25) is 0 Å². The normalized spacial score (nSPS) is 18.6. The Kier molecular flexibility index (Phi) is 4.09. The van der Waals surface area contributed by atoms with Crippen LogP contribution >= 0.6 is 0 Å². The number of carbonyl (C=O) groups excluding carboxylic acids is 1. The molecule has 0 aliphatic heterocycles. The van der Waals surface area contributed by atoms with Gasteiger partial charge in [0.2, 0.25) is 0 Å². The van der Waals surface area contributed by atoms with Crippen LogP contribution in [-0.4, -0.2) is 30.3 Å². The summed E-state index contributed by atoms with van der Waals surface area (Å²) < 4.78 is 0. The van der Waals surface area contributed by atoms with Crippen LogP contribution in [0.1, 0.15) is 46.0 Å². The molecule has 2 heteroatoms. The van der Waals surface area contributed by atoms with Gasteiger partial charge in [-0.1, -0.05) is 12.5 Å². The molecule has 2 nitrogen and oxygen atoms in total. The molecule has 1 aliphatic carbocycles. The number of carbonyl (C=O) groups is 1. The lowest BCUT2D eigenvalue weighted by Crippen LogP contribution is -2.46. The van der Waals surface area contributed by atoms with E-state index in [2.05, 4.69) is 6.08 Å². The van der Waals surface area contributed by atoms with Crippen LogP contribution in [0.5, 0.6) is 0 Å². The lowest BCUT2D eigenvalue weighted by molar-refractivity contribution is -0.124. The topological polar surface area (TPSA) is 20.3 Å². The minimum atomic E-state index is -0.365. The summed E-state index contributed by atoms with van der Waals surface area (Å²) in [4.78, 5) is 14.3. The molecule has 0 fully saturated rings. The number of ketones is 1. The van der Waals surface area contributed by atoms with E-state index >= 15 is 0 Å². The summed E-state index contributed by atoms with van der Waals surface area (Å²) in [6.07, 6.45) is 7.86. The highest BCUT2D eigenvalue weighted by molar-refractivity contribution is 6.02. The largest absolute Gasteiger partial charge is 0.297 e. The summed E-state index contributed by atoms with van der Waals surface area (Å²) in [5.41, 5.74) is 0.683. The molecular formula is C13H23NO. The summed E-state index contributed by atoms with van der Waals surface area (Å²) in [7, 11) is 3.93. The second kappa shape index (κ2) is 4.93. The summed E-state index contributed by atoms with van der Waals surface area (Å²) in [6.45, 7) is 4.00. The van der Waals surface area contributed by atoms with Crippen molar-refractivity contribution in [1.82, 2.24) is 4.90 Å². The van der Waals surface area contributed by atoms with Crippen LogP contribution in [0.4, 0.5) is 0 Å². The van der Waals surface area contributed by atoms with Gasteiger partial charge in [-0.3, -0.25) is 9.69 Å². The first-order chi connectivity index (χ1) is 6.96. The number of rotatable bonds is 3. The van der Waals surface area contributed by atoms with E-state index in [1.54, 1.807) is 0 Å². The summed E-state index contributed by atoms with van der Waals surface area (Å²) in [6, 6.07) is 0.